The minimum Gasteiger partial charge on any atom is -0.508 e. The van der Waals surface area contributed by atoms with Crippen LogP contribution in [0.15, 0.2) is 53.4 Å². The SMILES string of the molecule is O=C(Nc1ncnc(Oc2ccc(O)cc2)c1Cl)c1ccco1. The molecule has 1 aromatic carbocycles. The fourth-order valence-corrected chi connectivity index (χ4v) is 1.90. The Morgan fingerprint density at radius 3 is 2.70 bits per heavy atom. The van der Waals surface area contributed by atoms with Gasteiger partial charge in [0.05, 0.1) is 6.26 Å². The quantitative estimate of drug-likeness (QED) is 0.759. The van der Waals surface area contributed by atoms with E-state index in [1.165, 1.54) is 30.8 Å². The Bertz CT molecular complexity index is 819. The Balaban J connectivity index is 1.80. The maximum atomic E-state index is 11.9. The molecule has 0 saturated heterocycles. The van der Waals surface area contributed by atoms with Gasteiger partial charge in [-0.05, 0) is 36.4 Å². The number of aromatic nitrogens is 2. The number of phenolic OH excluding ortho intramolecular Hbond substituents is 1. The Hall–Kier alpha value is -3.06. The van der Waals surface area contributed by atoms with Crippen molar-refractivity contribution in [1.29, 1.82) is 0 Å². The first kappa shape index (κ1) is 14.9. The van der Waals surface area contributed by atoms with Crippen LogP contribution >= 0.6 is 11.6 Å². The van der Waals surface area contributed by atoms with Crippen LogP contribution in [0.25, 0.3) is 0 Å². The van der Waals surface area contributed by atoms with Crippen molar-refractivity contribution in [1.82, 2.24) is 9.97 Å². The zero-order valence-corrected chi connectivity index (χ0v) is 12.3. The number of aromatic hydroxyl groups is 1. The summed E-state index contributed by atoms with van der Waals surface area (Å²) in [5.74, 6) is 0.329. The average Bonchev–Trinajstić information content (AvgIpc) is 3.08. The molecule has 1 amide bonds. The molecule has 23 heavy (non-hydrogen) atoms. The first-order valence-electron chi connectivity index (χ1n) is 6.46. The van der Waals surface area contributed by atoms with E-state index in [2.05, 4.69) is 15.3 Å². The highest BCUT2D eigenvalue weighted by Gasteiger charge is 2.16. The summed E-state index contributed by atoms with van der Waals surface area (Å²) >= 11 is 6.15. The number of ether oxygens (including phenoxy) is 1. The monoisotopic (exact) mass is 331 g/mol. The van der Waals surface area contributed by atoms with Crippen molar-refractivity contribution >= 4 is 23.3 Å². The van der Waals surface area contributed by atoms with E-state index in [9.17, 15) is 9.90 Å². The molecule has 2 N–H and O–H groups in total. The highest BCUT2D eigenvalue weighted by molar-refractivity contribution is 6.34. The summed E-state index contributed by atoms with van der Waals surface area (Å²) in [6.45, 7) is 0. The molecule has 7 nitrogen and oxygen atoms in total. The summed E-state index contributed by atoms with van der Waals surface area (Å²) in [5, 5.41) is 11.8. The lowest BCUT2D eigenvalue weighted by Gasteiger charge is -2.09. The van der Waals surface area contributed by atoms with Crippen molar-refractivity contribution in [2.24, 2.45) is 0 Å². The van der Waals surface area contributed by atoms with Crippen molar-refractivity contribution in [3.63, 3.8) is 0 Å². The van der Waals surface area contributed by atoms with Crippen LogP contribution in [0.5, 0.6) is 17.4 Å². The molecule has 0 atom stereocenters. The van der Waals surface area contributed by atoms with Gasteiger partial charge in [-0.15, -0.1) is 0 Å². The number of nitrogens with zero attached hydrogens (tertiary/aromatic N) is 2. The van der Waals surface area contributed by atoms with Gasteiger partial charge in [-0.3, -0.25) is 4.79 Å². The van der Waals surface area contributed by atoms with Crippen LogP contribution in [-0.2, 0) is 0 Å². The fourth-order valence-electron chi connectivity index (χ4n) is 1.71. The Labute approximate surface area is 135 Å². The Morgan fingerprint density at radius 2 is 2.00 bits per heavy atom. The number of rotatable bonds is 4. The highest BCUT2D eigenvalue weighted by atomic mass is 35.5. The predicted octanol–water partition coefficient (Wildman–Crippen LogP) is 3.47. The van der Waals surface area contributed by atoms with Gasteiger partial charge in [0.25, 0.3) is 5.91 Å². The van der Waals surface area contributed by atoms with Crippen LogP contribution in [0.3, 0.4) is 0 Å². The second-order valence-electron chi connectivity index (χ2n) is 4.37. The molecular weight excluding hydrogens is 322 g/mol. The summed E-state index contributed by atoms with van der Waals surface area (Å²) in [4.78, 5) is 19.8. The molecule has 3 aromatic rings. The van der Waals surface area contributed by atoms with E-state index in [4.69, 9.17) is 20.8 Å². The van der Waals surface area contributed by atoms with Gasteiger partial charge in [-0.2, -0.15) is 4.98 Å². The molecule has 0 saturated carbocycles. The van der Waals surface area contributed by atoms with Crippen molar-refractivity contribution in [2.45, 2.75) is 0 Å². The lowest BCUT2D eigenvalue weighted by atomic mass is 10.3. The first-order chi connectivity index (χ1) is 11.1. The van der Waals surface area contributed by atoms with Gasteiger partial charge in [0.1, 0.15) is 22.8 Å². The Morgan fingerprint density at radius 1 is 1.22 bits per heavy atom. The molecule has 0 spiro atoms. The number of carbonyl (C=O) groups excluding carboxylic acids is 1. The normalized spacial score (nSPS) is 10.3. The minimum atomic E-state index is -0.494. The zero-order chi connectivity index (χ0) is 16.2. The van der Waals surface area contributed by atoms with Crippen LogP contribution in [0.1, 0.15) is 10.6 Å². The molecule has 116 valence electrons. The van der Waals surface area contributed by atoms with Gasteiger partial charge in [-0.25, -0.2) is 4.98 Å². The molecule has 0 fully saturated rings. The summed E-state index contributed by atoms with van der Waals surface area (Å²) in [7, 11) is 0. The lowest BCUT2D eigenvalue weighted by Crippen LogP contribution is -2.12. The van der Waals surface area contributed by atoms with Gasteiger partial charge in [0, 0.05) is 0 Å². The number of phenols is 1. The average molecular weight is 332 g/mol. The number of hydrogen-bond acceptors (Lipinski definition) is 6. The number of nitrogens with one attached hydrogen (secondary N) is 1. The third-order valence-electron chi connectivity index (χ3n) is 2.79. The van der Waals surface area contributed by atoms with E-state index in [0.29, 0.717) is 5.75 Å². The van der Waals surface area contributed by atoms with E-state index in [-0.39, 0.29) is 28.2 Å². The first-order valence-corrected chi connectivity index (χ1v) is 6.83. The third kappa shape index (κ3) is 3.41. The standard InChI is InChI=1S/C15H10ClN3O4/c16-12-13(19-14(21)11-2-1-7-22-11)17-8-18-15(12)23-10-5-3-9(20)4-6-10/h1-8,20H,(H,17,18,19,21). The van der Waals surface area contributed by atoms with Gasteiger partial charge in [0.2, 0.25) is 5.88 Å². The number of halogens is 1. The van der Waals surface area contributed by atoms with E-state index < -0.39 is 5.91 Å². The lowest BCUT2D eigenvalue weighted by molar-refractivity contribution is 0.0996. The van der Waals surface area contributed by atoms with E-state index in [1.807, 2.05) is 0 Å². The number of benzene rings is 1. The van der Waals surface area contributed by atoms with Crippen molar-refractivity contribution in [3.8, 4) is 17.4 Å². The number of amides is 1. The number of hydrogen-bond donors (Lipinski definition) is 2. The van der Waals surface area contributed by atoms with Crippen LogP contribution < -0.4 is 10.1 Å². The van der Waals surface area contributed by atoms with Gasteiger partial charge in [-0.1, -0.05) is 11.6 Å². The molecule has 2 aromatic heterocycles. The van der Waals surface area contributed by atoms with E-state index in [1.54, 1.807) is 18.2 Å². The maximum Gasteiger partial charge on any atom is 0.292 e. The molecule has 3 rings (SSSR count). The van der Waals surface area contributed by atoms with Crippen molar-refractivity contribution in [3.05, 3.63) is 59.8 Å². The molecule has 2 heterocycles. The maximum absolute atomic E-state index is 11.9. The van der Waals surface area contributed by atoms with Gasteiger partial charge >= 0.3 is 0 Å². The van der Waals surface area contributed by atoms with E-state index >= 15 is 0 Å². The number of carbonyl (C=O) groups is 1. The minimum absolute atomic E-state index is 0.0421. The highest BCUT2D eigenvalue weighted by Crippen LogP contribution is 2.32. The molecule has 0 radical (unpaired) electrons. The molecule has 0 aliphatic heterocycles. The zero-order valence-electron chi connectivity index (χ0n) is 11.6. The van der Waals surface area contributed by atoms with E-state index in [0.717, 1.165) is 0 Å². The second kappa shape index (κ2) is 6.37. The molecule has 0 aliphatic carbocycles. The molecule has 8 heteroatoms. The van der Waals surface area contributed by atoms with Crippen molar-refractivity contribution in [2.75, 3.05) is 5.32 Å². The molecular formula is C15H10ClN3O4. The largest absolute Gasteiger partial charge is 0.508 e. The topological polar surface area (TPSA) is 97.5 Å². The van der Waals surface area contributed by atoms with Gasteiger partial charge in [0.15, 0.2) is 11.6 Å². The van der Waals surface area contributed by atoms with Crippen LogP contribution in [0.2, 0.25) is 5.02 Å². The summed E-state index contributed by atoms with van der Waals surface area (Å²) < 4.78 is 10.5. The third-order valence-corrected chi connectivity index (χ3v) is 3.13. The smallest absolute Gasteiger partial charge is 0.292 e. The summed E-state index contributed by atoms with van der Waals surface area (Å²) in [6.07, 6.45) is 2.59. The number of anilines is 1. The molecule has 0 unspecified atom stereocenters. The molecule has 0 aliphatic rings. The van der Waals surface area contributed by atoms with Crippen molar-refractivity contribution < 1.29 is 19.1 Å². The Kier molecular flexibility index (Phi) is 4.11. The summed E-state index contributed by atoms with van der Waals surface area (Å²) in [5.41, 5.74) is 0. The fraction of sp³-hybridized carbons (Fsp3) is 0. The van der Waals surface area contributed by atoms with Crippen LogP contribution in [0.4, 0.5) is 5.82 Å². The number of furan rings is 1. The van der Waals surface area contributed by atoms with Crippen LogP contribution in [0, 0.1) is 0 Å². The predicted molar refractivity (Wildman–Crippen MR) is 81.9 cm³/mol. The summed E-state index contributed by atoms with van der Waals surface area (Å²) in [6, 6.07) is 9.13. The van der Waals surface area contributed by atoms with Crippen LogP contribution in [-0.4, -0.2) is 21.0 Å². The second-order valence-corrected chi connectivity index (χ2v) is 4.75. The molecule has 0 bridgehead atoms. The van der Waals surface area contributed by atoms with Gasteiger partial charge < -0.3 is 19.6 Å².